The van der Waals surface area contributed by atoms with Crippen LogP contribution in [0.3, 0.4) is 0 Å². The van der Waals surface area contributed by atoms with Crippen molar-refractivity contribution in [2.45, 2.75) is 31.8 Å². The van der Waals surface area contributed by atoms with Gasteiger partial charge in [0, 0.05) is 32.4 Å². The smallest absolute Gasteiger partial charge is 0.0613 e. The van der Waals surface area contributed by atoms with E-state index in [9.17, 15) is 0 Å². The molecular formula is C9H19NO2. The molecule has 0 spiro atoms. The lowest BCUT2D eigenvalue weighted by molar-refractivity contribution is 0.0701. The van der Waals surface area contributed by atoms with Crippen LogP contribution in [0.1, 0.15) is 19.8 Å². The zero-order valence-corrected chi connectivity index (χ0v) is 8.01. The Bertz CT molecular complexity index is 113. The molecule has 0 saturated carbocycles. The number of hydrogen-bond acceptors (Lipinski definition) is 3. The van der Waals surface area contributed by atoms with E-state index >= 15 is 0 Å². The van der Waals surface area contributed by atoms with E-state index < -0.39 is 0 Å². The van der Waals surface area contributed by atoms with Gasteiger partial charge in [0.25, 0.3) is 0 Å². The van der Waals surface area contributed by atoms with Crippen LogP contribution in [0.5, 0.6) is 0 Å². The van der Waals surface area contributed by atoms with Crippen molar-refractivity contribution >= 4 is 0 Å². The molecular weight excluding hydrogens is 154 g/mol. The molecule has 1 heterocycles. The zero-order valence-electron chi connectivity index (χ0n) is 8.01. The summed E-state index contributed by atoms with van der Waals surface area (Å²) in [5.74, 6) is 0. The molecule has 0 aromatic carbocycles. The van der Waals surface area contributed by atoms with E-state index in [4.69, 9.17) is 9.47 Å². The van der Waals surface area contributed by atoms with Gasteiger partial charge in [-0.2, -0.15) is 0 Å². The summed E-state index contributed by atoms with van der Waals surface area (Å²) < 4.78 is 10.3. The second kappa shape index (κ2) is 5.51. The number of nitrogens with one attached hydrogen (secondary N) is 1. The van der Waals surface area contributed by atoms with E-state index in [0.717, 1.165) is 32.7 Å². The van der Waals surface area contributed by atoms with Crippen LogP contribution in [0.4, 0.5) is 0 Å². The van der Waals surface area contributed by atoms with Crippen molar-refractivity contribution in [3.8, 4) is 0 Å². The summed E-state index contributed by atoms with van der Waals surface area (Å²) in [7, 11) is 1.74. The van der Waals surface area contributed by atoms with Crippen molar-refractivity contribution in [3.63, 3.8) is 0 Å². The highest BCUT2D eigenvalue weighted by Crippen LogP contribution is 2.06. The summed E-state index contributed by atoms with van der Waals surface area (Å²) in [5.41, 5.74) is 0. The first-order valence-electron chi connectivity index (χ1n) is 4.65. The van der Waals surface area contributed by atoms with Gasteiger partial charge in [0.2, 0.25) is 0 Å². The number of hydrogen-bond donors (Lipinski definition) is 1. The van der Waals surface area contributed by atoms with Crippen LogP contribution < -0.4 is 5.32 Å². The predicted octanol–water partition coefficient (Wildman–Crippen LogP) is 0.790. The number of ether oxygens (including phenoxy) is 2. The van der Waals surface area contributed by atoms with Gasteiger partial charge in [-0.1, -0.05) is 0 Å². The molecule has 0 bridgehead atoms. The van der Waals surface area contributed by atoms with Crippen molar-refractivity contribution in [3.05, 3.63) is 0 Å². The van der Waals surface area contributed by atoms with Gasteiger partial charge >= 0.3 is 0 Å². The molecule has 0 unspecified atom stereocenters. The first kappa shape index (κ1) is 9.96. The van der Waals surface area contributed by atoms with Crippen molar-refractivity contribution in [2.24, 2.45) is 0 Å². The summed E-state index contributed by atoms with van der Waals surface area (Å²) >= 11 is 0. The molecule has 1 aliphatic heterocycles. The second-order valence-electron chi connectivity index (χ2n) is 3.41. The maximum Gasteiger partial charge on any atom is 0.0613 e. The van der Waals surface area contributed by atoms with E-state index in [0.29, 0.717) is 12.1 Å². The summed E-state index contributed by atoms with van der Waals surface area (Å²) in [6.45, 7) is 4.74. The van der Waals surface area contributed by atoms with Gasteiger partial charge in [-0.05, 0) is 19.8 Å². The van der Waals surface area contributed by atoms with E-state index in [1.807, 2.05) is 0 Å². The van der Waals surface area contributed by atoms with Crippen molar-refractivity contribution in [1.82, 2.24) is 5.32 Å². The summed E-state index contributed by atoms with van der Waals surface area (Å²) in [6.07, 6.45) is 2.27. The molecule has 1 atom stereocenters. The zero-order chi connectivity index (χ0) is 8.81. The minimum Gasteiger partial charge on any atom is -0.383 e. The number of rotatable bonds is 4. The fourth-order valence-electron chi connectivity index (χ4n) is 1.56. The molecule has 1 rings (SSSR count). The summed E-state index contributed by atoms with van der Waals surface area (Å²) in [6, 6.07) is 1.09. The Morgan fingerprint density at radius 3 is 2.75 bits per heavy atom. The van der Waals surface area contributed by atoms with Gasteiger partial charge in [-0.3, -0.25) is 0 Å². The Morgan fingerprint density at radius 2 is 2.17 bits per heavy atom. The van der Waals surface area contributed by atoms with E-state index in [2.05, 4.69) is 12.2 Å². The normalized spacial score (nSPS) is 22.5. The summed E-state index contributed by atoms with van der Waals surface area (Å²) in [4.78, 5) is 0. The SMILES string of the molecule is COC[C@H](C)NC1CCOCC1. The molecule has 1 fully saturated rings. The minimum atomic E-state index is 0.457. The molecule has 1 saturated heterocycles. The van der Waals surface area contributed by atoms with Crippen molar-refractivity contribution < 1.29 is 9.47 Å². The van der Waals surface area contributed by atoms with Gasteiger partial charge in [-0.15, -0.1) is 0 Å². The first-order valence-corrected chi connectivity index (χ1v) is 4.65. The molecule has 3 nitrogen and oxygen atoms in total. The Labute approximate surface area is 74.4 Å². The van der Waals surface area contributed by atoms with Crippen molar-refractivity contribution in [2.75, 3.05) is 26.9 Å². The van der Waals surface area contributed by atoms with Gasteiger partial charge in [0.15, 0.2) is 0 Å². The summed E-state index contributed by atoms with van der Waals surface area (Å²) in [5, 5.41) is 3.51. The van der Waals surface area contributed by atoms with Crippen molar-refractivity contribution in [1.29, 1.82) is 0 Å². The quantitative estimate of drug-likeness (QED) is 0.682. The lowest BCUT2D eigenvalue weighted by Gasteiger charge is -2.26. The van der Waals surface area contributed by atoms with E-state index in [1.165, 1.54) is 0 Å². The van der Waals surface area contributed by atoms with Crippen LogP contribution in [0.2, 0.25) is 0 Å². The van der Waals surface area contributed by atoms with Crippen LogP contribution in [-0.4, -0.2) is 39.0 Å². The predicted molar refractivity (Wildman–Crippen MR) is 48.3 cm³/mol. The highest BCUT2D eigenvalue weighted by molar-refractivity contribution is 4.73. The molecule has 72 valence electrons. The van der Waals surface area contributed by atoms with Gasteiger partial charge in [-0.25, -0.2) is 0 Å². The van der Waals surface area contributed by atoms with Crippen LogP contribution in [0.25, 0.3) is 0 Å². The lowest BCUT2D eigenvalue weighted by Crippen LogP contribution is -2.42. The van der Waals surface area contributed by atoms with Crippen LogP contribution in [0.15, 0.2) is 0 Å². The molecule has 1 aliphatic rings. The third-order valence-electron chi connectivity index (χ3n) is 2.16. The maximum absolute atomic E-state index is 5.27. The van der Waals surface area contributed by atoms with Gasteiger partial charge < -0.3 is 14.8 Å². The highest BCUT2D eigenvalue weighted by Gasteiger charge is 2.15. The molecule has 0 aliphatic carbocycles. The van der Waals surface area contributed by atoms with Gasteiger partial charge in [0.1, 0.15) is 0 Å². The van der Waals surface area contributed by atoms with E-state index in [-0.39, 0.29) is 0 Å². The Morgan fingerprint density at radius 1 is 1.50 bits per heavy atom. The van der Waals surface area contributed by atoms with Crippen LogP contribution >= 0.6 is 0 Å². The Kier molecular flexibility index (Phi) is 4.58. The largest absolute Gasteiger partial charge is 0.383 e. The minimum absolute atomic E-state index is 0.457. The average Bonchev–Trinajstić information content (AvgIpc) is 2.06. The molecule has 0 radical (unpaired) electrons. The molecule has 0 aromatic rings. The molecule has 12 heavy (non-hydrogen) atoms. The van der Waals surface area contributed by atoms with Crippen LogP contribution in [-0.2, 0) is 9.47 Å². The fourth-order valence-corrected chi connectivity index (χ4v) is 1.56. The molecule has 1 N–H and O–H groups in total. The molecule has 0 amide bonds. The monoisotopic (exact) mass is 173 g/mol. The van der Waals surface area contributed by atoms with E-state index in [1.54, 1.807) is 7.11 Å². The highest BCUT2D eigenvalue weighted by atomic mass is 16.5. The Balaban J connectivity index is 2.11. The third kappa shape index (κ3) is 3.52. The second-order valence-corrected chi connectivity index (χ2v) is 3.41. The lowest BCUT2D eigenvalue weighted by atomic mass is 10.1. The van der Waals surface area contributed by atoms with Crippen LogP contribution in [0, 0.1) is 0 Å². The third-order valence-corrected chi connectivity index (χ3v) is 2.16. The average molecular weight is 173 g/mol. The number of methoxy groups -OCH3 is 1. The first-order chi connectivity index (χ1) is 5.83. The Hall–Kier alpha value is -0.120. The topological polar surface area (TPSA) is 30.5 Å². The molecule has 0 aromatic heterocycles. The fraction of sp³-hybridized carbons (Fsp3) is 1.00. The van der Waals surface area contributed by atoms with Gasteiger partial charge in [0.05, 0.1) is 6.61 Å². The maximum atomic E-state index is 5.27. The molecule has 3 heteroatoms. The standard InChI is InChI=1S/C9H19NO2/c1-8(7-11-2)10-9-3-5-12-6-4-9/h8-10H,3-7H2,1-2H3/t8-/m0/s1.